The van der Waals surface area contributed by atoms with Gasteiger partial charge in [-0.3, -0.25) is 4.68 Å². The minimum absolute atomic E-state index is 0.473. The molecule has 0 aromatic carbocycles. The van der Waals surface area contributed by atoms with Gasteiger partial charge in [0.2, 0.25) is 0 Å². The van der Waals surface area contributed by atoms with Gasteiger partial charge in [-0.1, -0.05) is 13.8 Å². The van der Waals surface area contributed by atoms with Crippen LogP contribution in [0, 0.1) is 0 Å². The quantitative estimate of drug-likeness (QED) is 0.891. The molecule has 108 valence electrons. The van der Waals surface area contributed by atoms with Gasteiger partial charge >= 0.3 is 0 Å². The summed E-state index contributed by atoms with van der Waals surface area (Å²) in [6, 6.07) is 2.52. The van der Waals surface area contributed by atoms with Crippen molar-refractivity contribution in [2.24, 2.45) is 0 Å². The number of ether oxygens (including phenoxy) is 1. The van der Waals surface area contributed by atoms with Crippen molar-refractivity contribution >= 4 is 0 Å². The molecule has 19 heavy (non-hydrogen) atoms. The summed E-state index contributed by atoms with van der Waals surface area (Å²) >= 11 is 0. The van der Waals surface area contributed by atoms with Crippen LogP contribution in [0.2, 0.25) is 0 Å². The molecule has 0 radical (unpaired) electrons. The van der Waals surface area contributed by atoms with Crippen LogP contribution < -0.4 is 0 Å². The number of nitrogens with zero attached hydrogens (tertiary/aromatic N) is 2. The van der Waals surface area contributed by atoms with Gasteiger partial charge in [-0.25, -0.2) is 0 Å². The first-order chi connectivity index (χ1) is 9.17. The highest BCUT2D eigenvalue weighted by Gasteiger charge is 2.29. The molecule has 1 atom stereocenters. The fraction of sp³-hybridized carbons (Fsp3) is 0.800. The van der Waals surface area contributed by atoms with Crippen molar-refractivity contribution < 1.29 is 9.84 Å². The molecule has 4 nitrogen and oxygen atoms in total. The molecule has 0 spiro atoms. The molecule has 0 amide bonds. The normalized spacial score (nSPS) is 24.6. The van der Waals surface area contributed by atoms with Crippen LogP contribution in [0.3, 0.4) is 0 Å². The summed E-state index contributed by atoms with van der Waals surface area (Å²) in [6.07, 6.45) is 7.33. The van der Waals surface area contributed by atoms with Crippen LogP contribution >= 0.6 is 0 Å². The Morgan fingerprint density at radius 2 is 2.16 bits per heavy atom. The Hall–Kier alpha value is -0.870. The zero-order valence-corrected chi connectivity index (χ0v) is 12.1. The first-order valence-corrected chi connectivity index (χ1v) is 7.51. The minimum atomic E-state index is -0.635. The van der Waals surface area contributed by atoms with E-state index in [1.54, 1.807) is 0 Å². The maximum absolute atomic E-state index is 10.6. The lowest BCUT2D eigenvalue weighted by molar-refractivity contribution is 0.0179. The molecule has 1 N–H and O–H groups in total. The summed E-state index contributed by atoms with van der Waals surface area (Å²) < 4.78 is 7.47. The van der Waals surface area contributed by atoms with Crippen LogP contribution in [0.15, 0.2) is 12.3 Å². The summed E-state index contributed by atoms with van der Waals surface area (Å²) in [6.45, 7) is 5.80. The van der Waals surface area contributed by atoms with Crippen LogP contribution in [0.1, 0.15) is 57.7 Å². The van der Waals surface area contributed by atoms with Crippen LogP contribution in [0.25, 0.3) is 0 Å². The molecule has 1 aliphatic rings. The van der Waals surface area contributed by atoms with Gasteiger partial charge in [-0.05, 0) is 38.2 Å². The van der Waals surface area contributed by atoms with Gasteiger partial charge in [0.1, 0.15) is 0 Å². The SMILES string of the molecule is CCC(CC)n1ccc(CC2(O)CCCOCC2)n1. The minimum Gasteiger partial charge on any atom is -0.389 e. The Morgan fingerprint density at radius 3 is 2.89 bits per heavy atom. The van der Waals surface area contributed by atoms with Crippen molar-refractivity contribution in [3.05, 3.63) is 18.0 Å². The van der Waals surface area contributed by atoms with Gasteiger partial charge in [0, 0.05) is 25.8 Å². The fourth-order valence-corrected chi connectivity index (χ4v) is 2.84. The van der Waals surface area contributed by atoms with E-state index < -0.39 is 5.60 Å². The third kappa shape index (κ3) is 3.80. The summed E-state index contributed by atoms with van der Waals surface area (Å²) in [5, 5.41) is 15.3. The molecule has 1 aromatic heterocycles. The number of hydrogen-bond donors (Lipinski definition) is 1. The van der Waals surface area contributed by atoms with Crippen molar-refractivity contribution in [3.8, 4) is 0 Å². The number of rotatable bonds is 5. The molecule has 2 heterocycles. The lowest BCUT2D eigenvalue weighted by atomic mass is 9.90. The van der Waals surface area contributed by atoms with Crippen LogP contribution in [0.5, 0.6) is 0 Å². The van der Waals surface area contributed by atoms with Gasteiger partial charge in [0.05, 0.1) is 17.3 Å². The second-order valence-electron chi connectivity index (χ2n) is 5.62. The van der Waals surface area contributed by atoms with Gasteiger partial charge in [-0.15, -0.1) is 0 Å². The van der Waals surface area contributed by atoms with E-state index in [-0.39, 0.29) is 0 Å². The second kappa shape index (κ2) is 6.53. The standard InChI is InChI=1S/C15H26N2O2/c1-3-14(4-2)17-9-6-13(16-17)12-15(18)7-5-10-19-11-8-15/h6,9,14,18H,3-5,7-8,10-12H2,1-2H3. The fourth-order valence-electron chi connectivity index (χ4n) is 2.84. The smallest absolute Gasteiger partial charge is 0.0726 e. The molecule has 1 saturated heterocycles. The Bertz CT molecular complexity index is 377. The monoisotopic (exact) mass is 266 g/mol. The molecule has 2 rings (SSSR count). The van der Waals surface area contributed by atoms with Crippen molar-refractivity contribution in [2.45, 2.75) is 64.0 Å². The summed E-state index contributed by atoms with van der Waals surface area (Å²) in [5.41, 5.74) is 0.361. The molecular formula is C15H26N2O2. The van der Waals surface area contributed by atoms with Crippen molar-refractivity contribution in [3.63, 3.8) is 0 Å². The molecule has 1 fully saturated rings. The lowest BCUT2D eigenvalue weighted by Gasteiger charge is -2.24. The summed E-state index contributed by atoms with van der Waals surface area (Å²) in [7, 11) is 0. The van der Waals surface area contributed by atoms with Crippen molar-refractivity contribution in [1.82, 2.24) is 9.78 Å². The zero-order chi connectivity index (χ0) is 13.7. The van der Waals surface area contributed by atoms with Gasteiger partial charge < -0.3 is 9.84 Å². The predicted molar refractivity (Wildman–Crippen MR) is 75.2 cm³/mol. The lowest BCUT2D eigenvalue weighted by Crippen LogP contribution is -2.32. The summed E-state index contributed by atoms with van der Waals surface area (Å²) in [5.74, 6) is 0. The van der Waals surface area contributed by atoms with Crippen molar-refractivity contribution in [1.29, 1.82) is 0 Å². The van der Waals surface area contributed by atoms with Gasteiger partial charge in [0.15, 0.2) is 0 Å². The van der Waals surface area contributed by atoms with Gasteiger partial charge in [0.25, 0.3) is 0 Å². The number of hydrogen-bond acceptors (Lipinski definition) is 3. The van der Waals surface area contributed by atoms with E-state index in [0.29, 0.717) is 25.5 Å². The first-order valence-electron chi connectivity index (χ1n) is 7.51. The number of aromatic nitrogens is 2. The maximum atomic E-state index is 10.6. The Morgan fingerprint density at radius 1 is 1.37 bits per heavy atom. The Balaban J connectivity index is 2.02. The van der Waals surface area contributed by atoms with Gasteiger partial charge in [-0.2, -0.15) is 5.10 Å². The van der Waals surface area contributed by atoms with E-state index >= 15 is 0 Å². The average molecular weight is 266 g/mol. The molecule has 0 saturated carbocycles. The van der Waals surface area contributed by atoms with Crippen LogP contribution in [0.4, 0.5) is 0 Å². The van der Waals surface area contributed by atoms with Crippen LogP contribution in [-0.2, 0) is 11.2 Å². The predicted octanol–water partition coefficient (Wildman–Crippen LogP) is 2.72. The van der Waals surface area contributed by atoms with E-state index in [2.05, 4.69) is 18.9 Å². The third-order valence-electron chi connectivity index (χ3n) is 4.13. The molecule has 4 heteroatoms. The largest absolute Gasteiger partial charge is 0.389 e. The highest BCUT2D eigenvalue weighted by molar-refractivity contribution is 5.05. The molecule has 0 aliphatic carbocycles. The molecule has 1 unspecified atom stereocenters. The topological polar surface area (TPSA) is 47.3 Å². The number of aliphatic hydroxyl groups is 1. The molecule has 1 aliphatic heterocycles. The van der Waals surface area contributed by atoms with E-state index in [0.717, 1.165) is 38.0 Å². The third-order valence-corrected chi connectivity index (χ3v) is 4.13. The van der Waals surface area contributed by atoms with Crippen molar-refractivity contribution in [2.75, 3.05) is 13.2 Å². The van der Waals surface area contributed by atoms with E-state index in [1.807, 2.05) is 16.9 Å². The Labute approximate surface area is 115 Å². The Kier molecular flexibility index (Phi) is 4.99. The second-order valence-corrected chi connectivity index (χ2v) is 5.62. The highest BCUT2D eigenvalue weighted by atomic mass is 16.5. The first kappa shape index (κ1) is 14.5. The highest BCUT2D eigenvalue weighted by Crippen LogP contribution is 2.25. The van der Waals surface area contributed by atoms with E-state index in [9.17, 15) is 5.11 Å². The van der Waals surface area contributed by atoms with E-state index in [1.165, 1.54) is 0 Å². The van der Waals surface area contributed by atoms with E-state index in [4.69, 9.17) is 4.74 Å². The summed E-state index contributed by atoms with van der Waals surface area (Å²) in [4.78, 5) is 0. The average Bonchev–Trinajstić information content (AvgIpc) is 2.72. The molecular weight excluding hydrogens is 240 g/mol. The maximum Gasteiger partial charge on any atom is 0.0726 e. The molecule has 0 bridgehead atoms. The zero-order valence-electron chi connectivity index (χ0n) is 12.1. The molecule has 1 aromatic rings. The van der Waals surface area contributed by atoms with Crippen LogP contribution in [-0.4, -0.2) is 33.7 Å².